The Bertz CT molecular complexity index is 1490. The van der Waals surface area contributed by atoms with E-state index in [-0.39, 0.29) is 5.91 Å². The number of amides is 1. The van der Waals surface area contributed by atoms with Crippen LogP contribution < -0.4 is 5.32 Å². The number of aryl methyl sites for hydroxylation is 2. The highest BCUT2D eigenvalue weighted by molar-refractivity contribution is 7.98. The molecule has 1 amide bonds. The third kappa shape index (κ3) is 5.06. The van der Waals surface area contributed by atoms with Gasteiger partial charge in [-0.15, -0.1) is 11.8 Å². The van der Waals surface area contributed by atoms with E-state index in [1.165, 1.54) is 10.5 Å². The maximum Gasteiger partial charge on any atom is 0.251 e. The van der Waals surface area contributed by atoms with Crippen molar-refractivity contribution in [2.75, 3.05) is 12.8 Å². The fourth-order valence-electron chi connectivity index (χ4n) is 4.41. The Morgan fingerprint density at radius 2 is 1.67 bits per heavy atom. The van der Waals surface area contributed by atoms with Crippen molar-refractivity contribution in [1.82, 2.24) is 24.6 Å². The van der Waals surface area contributed by atoms with Gasteiger partial charge in [0.05, 0.1) is 11.9 Å². The van der Waals surface area contributed by atoms with Gasteiger partial charge in [-0.05, 0) is 85.7 Å². The molecule has 3 aromatic heterocycles. The standard InChI is InChI=1S/C29H29N5OS/c1-20-18-21(2)31-27-26(20)28(33-16-4-5-17-33)32-34(27)19-23-6-10-24(11-7-23)29(35)30-15-14-22-8-12-25(36-3)13-9-22/h4-13,16-18H,14-15,19H2,1-3H3,(H,30,35). The number of nitrogens with zero attached hydrogens (tertiary/aromatic N) is 4. The Morgan fingerprint density at radius 1 is 0.972 bits per heavy atom. The lowest BCUT2D eigenvalue weighted by molar-refractivity contribution is 0.0954. The van der Waals surface area contributed by atoms with Gasteiger partial charge in [-0.25, -0.2) is 9.67 Å². The molecule has 0 aliphatic rings. The molecule has 0 aliphatic heterocycles. The van der Waals surface area contributed by atoms with Crippen molar-refractivity contribution in [3.63, 3.8) is 0 Å². The molecule has 0 saturated heterocycles. The quantitative estimate of drug-likeness (QED) is 0.285. The second kappa shape index (κ2) is 10.4. The van der Waals surface area contributed by atoms with Crippen molar-refractivity contribution in [2.24, 2.45) is 0 Å². The molecule has 3 heterocycles. The number of carbonyl (C=O) groups is 1. The molecule has 0 bridgehead atoms. The fraction of sp³-hybridized carbons (Fsp3) is 0.207. The Balaban J connectivity index is 1.28. The summed E-state index contributed by atoms with van der Waals surface area (Å²) in [6.45, 7) is 5.28. The van der Waals surface area contributed by atoms with Crippen LogP contribution in [-0.2, 0) is 13.0 Å². The number of nitrogens with one attached hydrogen (secondary N) is 1. The van der Waals surface area contributed by atoms with Crippen molar-refractivity contribution in [1.29, 1.82) is 0 Å². The number of hydrogen-bond acceptors (Lipinski definition) is 4. The highest BCUT2D eigenvalue weighted by Gasteiger charge is 2.16. The van der Waals surface area contributed by atoms with E-state index in [4.69, 9.17) is 10.1 Å². The van der Waals surface area contributed by atoms with Gasteiger partial charge >= 0.3 is 0 Å². The maximum atomic E-state index is 12.6. The summed E-state index contributed by atoms with van der Waals surface area (Å²) in [7, 11) is 0. The summed E-state index contributed by atoms with van der Waals surface area (Å²) in [5.74, 6) is 0.814. The molecule has 0 spiro atoms. The average molecular weight is 496 g/mol. The topological polar surface area (TPSA) is 64.7 Å². The Kier molecular flexibility index (Phi) is 6.91. The largest absolute Gasteiger partial charge is 0.352 e. The minimum atomic E-state index is -0.0605. The van der Waals surface area contributed by atoms with Crippen LogP contribution in [0.25, 0.3) is 16.9 Å². The molecule has 0 fully saturated rings. The van der Waals surface area contributed by atoms with Crippen LogP contribution in [0.3, 0.4) is 0 Å². The molecule has 7 heteroatoms. The minimum Gasteiger partial charge on any atom is -0.352 e. The number of hydrogen-bond donors (Lipinski definition) is 1. The average Bonchev–Trinajstić information content (AvgIpc) is 3.53. The monoisotopic (exact) mass is 495 g/mol. The maximum absolute atomic E-state index is 12.6. The summed E-state index contributed by atoms with van der Waals surface area (Å²) in [5, 5.41) is 8.98. The highest BCUT2D eigenvalue weighted by atomic mass is 32.2. The molecular weight excluding hydrogens is 466 g/mol. The van der Waals surface area contributed by atoms with Crippen molar-refractivity contribution in [3.05, 3.63) is 107 Å². The molecular formula is C29H29N5OS. The van der Waals surface area contributed by atoms with Crippen molar-refractivity contribution in [2.45, 2.75) is 31.7 Å². The number of fused-ring (bicyclic) bond motifs is 1. The van der Waals surface area contributed by atoms with E-state index >= 15 is 0 Å². The SMILES string of the molecule is CSc1ccc(CCNC(=O)c2ccc(Cn3nc(-n4cccc4)c4c(C)cc(C)nc43)cc2)cc1. The zero-order chi connectivity index (χ0) is 25.1. The van der Waals surface area contributed by atoms with E-state index in [0.717, 1.165) is 40.1 Å². The number of aromatic nitrogens is 4. The first-order valence-electron chi connectivity index (χ1n) is 12.0. The molecule has 5 rings (SSSR count). The van der Waals surface area contributed by atoms with Gasteiger partial charge in [-0.1, -0.05) is 24.3 Å². The molecule has 0 atom stereocenters. The second-order valence-corrected chi connectivity index (χ2v) is 9.78. The summed E-state index contributed by atoms with van der Waals surface area (Å²) in [4.78, 5) is 18.7. The van der Waals surface area contributed by atoms with Crippen LogP contribution in [0.5, 0.6) is 0 Å². The summed E-state index contributed by atoms with van der Waals surface area (Å²) >= 11 is 1.73. The molecule has 1 N–H and O–H groups in total. The zero-order valence-corrected chi connectivity index (χ0v) is 21.5. The fourth-order valence-corrected chi connectivity index (χ4v) is 4.82. The lowest BCUT2D eigenvalue weighted by atomic mass is 10.1. The molecule has 0 saturated carbocycles. The lowest BCUT2D eigenvalue weighted by Crippen LogP contribution is -2.25. The number of rotatable bonds is 8. The molecule has 36 heavy (non-hydrogen) atoms. The van der Waals surface area contributed by atoms with Gasteiger partial charge in [0.2, 0.25) is 0 Å². The van der Waals surface area contributed by atoms with Crippen LogP contribution in [0.4, 0.5) is 0 Å². The van der Waals surface area contributed by atoms with Gasteiger partial charge in [0, 0.05) is 35.1 Å². The van der Waals surface area contributed by atoms with Crippen LogP contribution in [0.15, 0.2) is 84.0 Å². The molecule has 0 unspecified atom stereocenters. The van der Waals surface area contributed by atoms with Gasteiger partial charge in [0.25, 0.3) is 5.91 Å². The molecule has 5 aromatic rings. The van der Waals surface area contributed by atoms with Crippen LogP contribution in [0.2, 0.25) is 0 Å². The van der Waals surface area contributed by atoms with E-state index in [1.54, 1.807) is 11.8 Å². The Labute approximate surface area is 215 Å². The molecule has 0 aliphatic carbocycles. The first kappa shape index (κ1) is 23.9. The van der Waals surface area contributed by atoms with Crippen LogP contribution >= 0.6 is 11.8 Å². The summed E-state index contributed by atoms with van der Waals surface area (Å²) < 4.78 is 3.97. The van der Waals surface area contributed by atoms with E-state index in [9.17, 15) is 4.79 Å². The van der Waals surface area contributed by atoms with E-state index in [2.05, 4.69) is 48.8 Å². The minimum absolute atomic E-state index is 0.0605. The summed E-state index contributed by atoms with van der Waals surface area (Å²) in [5.41, 5.74) is 5.91. The first-order chi connectivity index (χ1) is 17.5. The van der Waals surface area contributed by atoms with Crippen LogP contribution in [0.1, 0.15) is 32.7 Å². The third-order valence-corrected chi connectivity index (χ3v) is 7.01. The predicted octanol–water partition coefficient (Wildman–Crippen LogP) is 5.58. The van der Waals surface area contributed by atoms with Gasteiger partial charge < -0.3 is 9.88 Å². The van der Waals surface area contributed by atoms with E-state index < -0.39 is 0 Å². The second-order valence-electron chi connectivity index (χ2n) is 8.90. The molecule has 6 nitrogen and oxygen atoms in total. The normalized spacial score (nSPS) is 11.2. The van der Waals surface area contributed by atoms with Crippen molar-refractivity contribution in [3.8, 4) is 5.82 Å². The third-order valence-electron chi connectivity index (χ3n) is 6.26. The van der Waals surface area contributed by atoms with E-state index in [0.29, 0.717) is 18.7 Å². The smallest absolute Gasteiger partial charge is 0.251 e. The van der Waals surface area contributed by atoms with Crippen LogP contribution in [0, 0.1) is 13.8 Å². The zero-order valence-electron chi connectivity index (χ0n) is 20.7. The lowest BCUT2D eigenvalue weighted by Gasteiger charge is -2.08. The van der Waals surface area contributed by atoms with Gasteiger partial charge in [0.1, 0.15) is 0 Å². The number of thioether (sulfide) groups is 1. The molecule has 0 radical (unpaired) electrons. The van der Waals surface area contributed by atoms with Gasteiger partial charge in [-0.3, -0.25) is 4.79 Å². The molecule has 2 aromatic carbocycles. The Morgan fingerprint density at radius 3 is 2.36 bits per heavy atom. The number of pyridine rings is 1. The summed E-state index contributed by atoms with van der Waals surface area (Å²) in [6, 6.07) is 22.3. The van der Waals surface area contributed by atoms with Crippen LogP contribution in [-0.4, -0.2) is 38.0 Å². The van der Waals surface area contributed by atoms with Gasteiger partial charge in [0.15, 0.2) is 11.5 Å². The predicted molar refractivity (Wildman–Crippen MR) is 146 cm³/mol. The van der Waals surface area contributed by atoms with E-state index in [1.807, 2.05) is 65.0 Å². The molecule has 182 valence electrons. The first-order valence-corrected chi connectivity index (χ1v) is 13.2. The number of carbonyl (C=O) groups excluding carboxylic acids is 1. The van der Waals surface area contributed by atoms with Gasteiger partial charge in [-0.2, -0.15) is 5.10 Å². The Hall–Kier alpha value is -3.84. The van der Waals surface area contributed by atoms with Crippen molar-refractivity contribution >= 4 is 28.7 Å². The number of benzene rings is 2. The summed E-state index contributed by atoms with van der Waals surface area (Å²) in [6.07, 6.45) is 6.87. The van der Waals surface area contributed by atoms with Crippen molar-refractivity contribution < 1.29 is 4.79 Å². The highest BCUT2D eigenvalue weighted by Crippen LogP contribution is 2.26.